The van der Waals surface area contributed by atoms with Gasteiger partial charge >= 0.3 is 0 Å². The lowest BCUT2D eigenvalue weighted by Crippen LogP contribution is -2.30. The van der Waals surface area contributed by atoms with Crippen molar-refractivity contribution >= 4 is 11.3 Å². The Bertz CT molecular complexity index is 388. The van der Waals surface area contributed by atoms with Gasteiger partial charge in [-0.1, -0.05) is 13.8 Å². The Morgan fingerprint density at radius 3 is 3.10 bits per heavy atom. The van der Waals surface area contributed by atoms with E-state index in [1.807, 2.05) is 0 Å². The van der Waals surface area contributed by atoms with Gasteiger partial charge in [0.25, 0.3) is 0 Å². The maximum atomic E-state index is 5.54. The molecule has 1 unspecified atom stereocenters. The highest BCUT2D eigenvalue weighted by Gasteiger charge is 2.16. The topological polar surface area (TPSA) is 37.4 Å². The number of ether oxygens (including phenoxy) is 1. The van der Waals surface area contributed by atoms with Crippen LogP contribution in [0.4, 0.5) is 0 Å². The summed E-state index contributed by atoms with van der Waals surface area (Å²) in [6.07, 6.45) is 2.51. The molecule has 0 bridgehead atoms. The number of hydrogen-bond acceptors (Lipinski definition) is 5. The Balaban J connectivity index is 1.74. The third kappa shape index (κ3) is 5.48. The fourth-order valence-electron chi connectivity index (χ4n) is 2.53. The van der Waals surface area contributed by atoms with Crippen LogP contribution in [0.2, 0.25) is 0 Å². The molecule has 0 aliphatic carbocycles. The monoisotopic (exact) mass is 297 g/mol. The van der Waals surface area contributed by atoms with Crippen LogP contribution in [0.5, 0.6) is 0 Å². The highest BCUT2D eigenvalue weighted by Crippen LogP contribution is 2.16. The van der Waals surface area contributed by atoms with Gasteiger partial charge in [0.1, 0.15) is 5.01 Å². The van der Waals surface area contributed by atoms with E-state index in [1.54, 1.807) is 11.3 Å². The summed E-state index contributed by atoms with van der Waals surface area (Å²) in [5, 5.41) is 6.78. The summed E-state index contributed by atoms with van der Waals surface area (Å²) in [6, 6.07) is 0.510. The van der Waals surface area contributed by atoms with E-state index in [4.69, 9.17) is 9.72 Å². The number of nitrogens with zero attached hydrogens (tertiary/aromatic N) is 2. The number of hydrogen-bond donors (Lipinski definition) is 1. The van der Waals surface area contributed by atoms with Gasteiger partial charge in [0.15, 0.2) is 0 Å². The number of thiazole rings is 1. The first-order valence-corrected chi connectivity index (χ1v) is 8.44. The van der Waals surface area contributed by atoms with Crippen LogP contribution in [0.25, 0.3) is 0 Å². The van der Waals surface area contributed by atoms with Gasteiger partial charge in [-0.05, 0) is 25.8 Å². The number of aromatic nitrogens is 1. The van der Waals surface area contributed by atoms with Crippen LogP contribution >= 0.6 is 11.3 Å². The van der Waals surface area contributed by atoms with Crippen LogP contribution in [0.15, 0.2) is 5.38 Å². The average molecular weight is 297 g/mol. The van der Waals surface area contributed by atoms with Crippen LogP contribution in [-0.4, -0.2) is 42.7 Å². The molecular formula is C15H27N3OS. The minimum atomic E-state index is 0.510. The molecule has 0 spiro atoms. The normalized spacial score (nSPS) is 19.9. The van der Waals surface area contributed by atoms with Crippen molar-refractivity contribution in [3.63, 3.8) is 0 Å². The maximum absolute atomic E-state index is 5.54. The second kappa shape index (κ2) is 8.08. The summed E-state index contributed by atoms with van der Waals surface area (Å²) in [6.45, 7) is 9.11. The molecule has 20 heavy (non-hydrogen) atoms. The van der Waals surface area contributed by atoms with E-state index >= 15 is 0 Å². The number of nitrogens with one attached hydrogen (secondary N) is 1. The average Bonchev–Trinajstić information content (AvgIpc) is 2.85. The molecule has 1 saturated heterocycles. The first-order valence-electron chi connectivity index (χ1n) is 7.56. The Morgan fingerprint density at radius 2 is 2.40 bits per heavy atom. The molecule has 2 rings (SSSR count). The first kappa shape index (κ1) is 15.9. The number of rotatable bonds is 7. The third-order valence-electron chi connectivity index (χ3n) is 3.52. The molecule has 2 heterocycles. The molecule has 0 saturated carbocycles. The van der Waals surface area contributed by atoms with E-state index in [0.29, 0.717) is 12.0 Å². The van der Waals surface area contributed by atoms with E-state index in [0.717, 1.165) is 32.8 Å². The Kier molecular flexibility index (Phi) is 6.42. The van der Waals surface area contributed by atoms with Crippen LogP contribution in [0.1, 0.15) is 37.4 Å². The lowest BCUT2D eigenvalue weighted by molar-refractivity contribution is 0.0410. The highest BCUT2D eigenvalue weighted by molar-refractivity contribution is 7.09. The summed E-state index contributed by atoms with van der Waals surface area (Å²) in [5.74, 6) is 0.689. The van der Waals surface area contributed by atoms with Gasteiger partial charge in [-0.15, -0.1) is 11.3 Å². The zero-order valence-electron chi connectivity index (χ0n) is 12.9. The van der Waals surface area contributed by atoms with Crippen molar-refractivity contribution in [2.75, 3.05) is 26.8 Å². The van der Waals surface area contributed by atoms with Gasteiger partial charge in [-0.2, -0.15) is 0 Å². The van der Waals surface area contributed by atoms with Crippen molar-refractivity contribution < 1.29 is 4.74 Å². The largest absolute Gasteiger partial charge is 0.381 e. The predicted octanol–water partition coefficient (Wildman–Crippen LogP) is 2.50. The van der Waals surface area contributed by atoms with E-state index in [9.17, 15) is 0 Å². The summed E-state index contributed by atoms with van der Waals surface area (Å²) in [5.41, 5.74) is 1.19. The SMILES string of the molecule is CC(C)NCc1nc(CN(C)CC2CCCOC2)cs1. The zero-order chi connectivity index (χ0) is 14.4. The Hall–Kier alpha value is -0.490. The molecule has 4 nitrogen and oxygen atoms in total. The Morgan fingerprint density at radius 1 is 1.55 bits per heavy atom. The summed E-state index contributed by atoms with van der Waals surface area (Å²) in [4.78, 5) is 7.07. The standard InChI is InChI=1S/C15H27N3OS/c1-12(2)16-7-15-17-14(11-20-15)9-18(3)8-13-5-4-6-19-10-13/h11-13,16H,4-10H2,1-3H3. The first-order chi connectivity index (χ1) is 9.63. The molecule has 0 aromatic carbocycles. The van der Waals surface area contributed by atoms with Crippen molar-refractivity contribution in [1.82, 2.24) is 15.2 Å². The van der Waals surface area contributed by atoms with Crippen molar-refractivity contribution in [2.45, 2.75) is 45.8 Å². The fourth-order valence-corrected chi connectivity index (χ4v) is 3.26. The van der Waals surface area contributed by atoms with Crippen molar-refractivity contribution in [3.8, 4) is 0 Å². The molecule has 1 aromatic heterocycles. The second-order valence-corrected chi connectivity index (χ2v) is 6.99. The van der Waals surface area contributed by atoms with Crippen molar-refractivity contribution in [3.05, 3.63) is 16.1 Å². The maximum Gasteiger partial charge on any atom is 0.107 e. The molecule has 1 fully saturated rings. The summed E-state index contributed by atoms with van der Waals surface area (Å²) in [7, 11) is 2.18. The van der Waals surface area contributed by atoms with Crippen LogP contribution in [0, 0.1) is 5.92 Å². The lowest BCUT2D eigenvalue weighted by atomic mass is 10.0. The van der Waals surface area contributed by atoms with E-state index < -0.39 is 0 Å². The third-order valence-corrected chi connectivity index (χ3v) is 4.41. The molecule has 5 heteroatoms. The van der Waals surface area contributed by atoms with E-state index in [1.165, 1.54) is 23.5 Å². The molecule has 1 N–H and O–H groups in total. The van der Waals surface area contributed by atoms with Gasteiger partial charge in [0.2, 0.25) is 0 Å². The van der Waals surface area contributed by atoms with Crippen LogP contribution in [0.3, 0.4) is 0 Å². The highest BCUT2D eigenvalue weighted by atomic mass is 32.1. The fraction of sp³-hybridized carbons (Fsp3) is 0.800. The van der Waals surface area contributed by atoms with Crippen molar-refractivity contribution in [2.24, 2.45) is 5.92 Å². The van der Waals surface area contributed by atoms with E-state index in [2.05, 4.69) is 36.5 Å². The lowest BCUT2D eigenvalue weighted by Gasteiger charge is -2.26. The second-order valence-electron chi connectivity index (χ2n) is 6.05. The predicted molar refractivity (Wildman–Crippen MR) is 84.0 cm³/mol. The molecule has 1 aliphatic heterocycles. The zero-order valence-corrected chi connectivity index (χ0v) is 13.7. The van der Waals surface area contributed by atoms with Gasteiger partial charge in [0, 0.05) is 37.7 Å². The van der Waals surface area contributed by atoms with Gasteiger partial charge < -0.3 is 15.0 Å². The van der Waals surface area contributed by atoms with Gasteiger partial charge in [0.05, 0.1) is 12.3 Å². The molecule has 1 aromatic rings. The quantitative estimate of drug-likeness (QED) is 0.839. The molecule has 0 amide bonds. The molecule has 1 atom stereocenters. The summed E-state index contributed by atoms with van der Waals surface area (Å²) >= 11 is 1.75. The smallest absolute Gasteiger partial charge is 0.107 e. The van der Waals surface area contributed by atoms with Gasteiger partial charge in [-0.25, -0.2) is 4.98 Å². The molecule has 0 radical (unpaired) electrons. The van der Waals surface area contributed by atoms with Crippen LogP contribution in [-0.2, 0) is 17.8 Å². The van der Waals surface area contributed by atoms with Crippen LogP contribution < -0.4 is 5.32 Å². The Labute approximate surface area is 126 Å². The summed E-state index contributed by atoms with van der Waals surface area (Å²) < 4.78 is 5.54. The minimum absolute atomic E-state index is 0.510. The van der Waals surface area contributed by atoms with Crippen molar-refractivity contribution in [1.29, 1.82) is 0 Å². The molecular weight excluding hydrogens is 270 g/mol. The van der Waals surface area contributed by atoms with Gasteiger partial charge in [-0.3, -0.25) is 0 Å². The molecule has 114 valence electrons. The van der Waals surface area contributed by atoms with E-state index in [-0.39, 0.29) is 0 Å². The molecule has 1 aliphatic rings. The minimum Gasteiger partial charge on any atom is -0.381 e.